The van der Waals surface area contributed by atoms with Crippen LogP contribution in [0.4, 0.5) is 4.79 Å². The van der Waals surface area contributed by atoms with Gasteiger partial charge in [-0.25, -0.2) is 9.59 Å². The number of amides is 1. The normalized spacial score (nSPS) is 15.6. The second-order valence-electron chi connectivity index (χ2n) is 10.6. The fourth-order valence-electron chi connectivity index (χ4n) is 4.66. The highest BCUT2D eigenvalue weighted by Gasteiger charge is 2.33. The Balaban J connectivity index is 1.53. The van der Waals surface area contributed by atoms with Gasteiger partial charge in [0.2, 0.25) is 0 Å². The molecule has 39 heavy (non-hydrogen) atoms. The zero-order valence-corrected chi connectivity index (χ0v) is 23.4. The first-order valence-corrected chi connectivity index (χ1v) is 13.3. The van der Waals surface area contributed by atoms with Crippen LogP contribution in [0.3, 0.4) is 0 Å². The average Bonchev–Trinajstić information content (AvgIpc) is 2.90. The number of carbonyl (C=O) groups excluding carboxylic acids is 2. The van der Waals surface area contributed by atoms with Crippen LogP contribution in [0.1, 0.15) is 60.3 Å². The molecule has 7 nitrogen and oxygen atoms in total. The van der Waals surface area contributed by atoms with Gasteiger partial charge in [0.15, 0.2) is 0 Å². The third kappa shape index (κ3) is 7.52. The van der Waals surface area contributed by atoms with Crippen LogP contribution in [0.2, 0.25) is 5.02 Å². The molecule has 0 aromatic heterocycles. The molecule has 3 aromatic carbocycles. The van der Waals surface area contributed by atoms with Gasteiger partial charge in [-0.15, -0.1) is 0 Å². The molecule has 0 radical (unpaired) electrons. The van der Waals surface area contributed by atoms with Crippen LogP contribution in [0.5, 0.6) is 11.5 Å². The maximum atomic E-state index is 13.3. The molecule has 4 rings (SSSR count). The van der Waals surface area contributed by atoms with Crippen molar-refractivity contribution in [3.05, 3.63) is 94.0 Å². The maximum absolute atomic E-state index is 13.3. The molecule has 0 bridgehead atoms. The average molecular weight is 552 g/mol. The van der Waals surface area contributed by atoms with Gasteiger partial charge in [0.1, 0.15) is 17.1 Å². The predicted molar refractivity (Wildman–Crippen MR) is 149 cm³/mol. The molecule has 1 N–H and O–H groups in total. The van der Waals surface area contributed by atoms with Crippen LogP contribution >= 0.6 is 11.6 Å². The van der Waals surface area contributed by atoms with E-state index in [9.17, 15) is 14.7 Å². The minimum absolute atomic E-state index is 0.0813. The van der Waals surface area contributed by atoms with Crippen molar-refractivity contribution in [1.29, 1.82) is 0 Å². The number of hydrogen-bond acceptors (Lipinski definition) is 6. The van der Waals surface area contributed by atoms with Crippen molar-refractivity contribution in [2.24, 2.45) is 0 Å². The number of aliphatic hydroxyl groups is 1. The van der Waals surface area contributed by atoms with Gasteiger partial charge in [0, 0.05) is 11.1 Å². The van der Waals surface area contributed by atoms with E-state index in [1.807, 2.05) is 39.0 Å². The summed E-state index contributed by atoms with van der Waals surface area (Å²) in [5.74, 6) is 0.842. The highest BCUT2D eigenvalue weighted by molar-refractivity contribution is 6.30. The van der Waals surface area contributed by atoms with Gasteiger partial charge in [0.05, 0.1) is 25.3 Å². The van der Waals surface area contributed by atoms with Crippen LogP contribution < -0.4 is 4.74 Å². The molecule has 0 aliphatic heterocycles. The number of nitrogens with zero attached hydrogens (tertiary/aromatic N) is 1. The van der Waals surface area contributed by atoms with E-state index in [-0.39, 0.29) is 12.6 Å². The van der Waals surface area contributed by atoms with E-state index >= 15 is 0 Å². The monoisotopic (exact) mass is 551 g/mol. The molecule has 1 amide bonds. The Morgan fingerprint density at radius 2 is 1.74 bits per heavy atom. The highest BCUT2D eigenvalue weighted by Crippen LogP contribution is 2.32. The smallest absolute Gasteiger partial charge is 0.410 e. The van der Waals surface area contributed by atoms with Crippen molar-refractivity contribution in [3.8, 4) is 11.5 Å². The van der Waals surface area contributed by atoms with E-state index in [2.05, 4.69) is 0 Å². The van der Waals surface area contributed by atoms with E-state index < -0.39 is 23.8 Å². The van der Waals surface area contributed by atoms with E-state index in [0.717, 1.165) is 18.4 Å². The molecule has 0 saturated carbocycles. The summed E-state index contributed by atoms with van der Waals surface area (Å²) in [5.41, 5.74) is 2.68. The van der Waals surface area contributed by atoms with Gasteiger partial charge in [-0.3, -0.25) is 0 Å². The molecule has 1 aliphatic carbocycles. The molecule has 1 aliphatic rings. The molecular formula is C31H34ClNO6. The molecule has 8 heteroatoms. The van der Waals surface area contributed by atoms with Crippen molar-refractivity contribution in [1.82, 2.24) is 4.90 Å². The lowest BCUT2D eigenvalue weighted by molar-refractivity contribution is 0.00194. The van der Waals surface area contributed by atoms with Gasteiger partial charge < -0.3 is 24.2 Å². The Bertz CT molecular complexity index is 1320. The molecule has 0 saturated heterocycles. The number of esters is 1. The van der Waals surface area contributed by atoms with E-state index in [4.69, 9.17) is 25.8 Å². The van der Waals surface area contributed by atoms with Gasteiger partial charge in [0.25, 0.3) is 0 Å². The summed E-state index contributed by atoms with van der Waals surface area (Å²) in [5, 5.41) is 11.5. The molecular weight excluding hydrogens is 518 g/mol. The van der Waals surface area contributed by atoms with Crippen molar-refractivity contribution in [3.63, 3.8) is 0 Å². The molecule has 0 heterocycles. The second kappa shape index (κ2) is 12.1. The Morgan fingerprint density at radius 3 is 2.41 bits per heavy atom. The summed E-state index contributed by atoms with van der Waals surface area (Å²) < 4.78 is 16.5. The first kappa shape index (κ1) is 28.5. The Morgan fingerprint density at radius 1 is 1.03 bits per heavy atom. The lowest BCUT2D eigenvalue weighted by Gasteiger charge is -2.37. The van der Waals surface area contributed by atoms with Crippen LogP contribution in [-0.2, 0) is 22.3 Å². The number of rotatable bonds is 7. The van der Waals surface area contributed by atoms with Crippen molar-refractivity contribution in [2.45, 2.75) is 57.8 Å². The van der Waals surface area contributed by atoms with E-state index in [1.54, 1.807) is 53.4 Å². The van der Waals surface area contributed by atoms with E-state index in [1.165, 1.54) is 12.7 Å². The lowest BCUT2D eigenvalue weighted by atomic mass is 9.87. The summed E-state index contributed by atoms with van der Waals surface area (Å²) in [6.45, 7) is 5.56. The molecule has 0 unspecified atom stereocenters. The summed E-state index contributed by atoms with van der Waals surface area (Å²) in [7, 11) is 1.34. The molecule has 206 valence electrons. The second-order valence-corrected chi connectivity index (χ2v) is 11.1. The van der Waals surface area contributed by atoms with Crippen molar-refractivity contribution in [2.75, 3.05) is 13.7 Å². The number of carbonyl (C=O) groups is 2. The fraction of sp³-hybridized carbons (Fsp3) is 0.355. The predicted octanol–water partition coefficient (Wildman–Crippen LogP) is 6.75. The molecule has 2 atom stereocenters. The number of aryl methyl sites for hydroxylation is 1. The zero-order chi connectivity index (χ0) is 28.2. The third-order valence-electron chi connectivity index (χ3n) is 6.56. The SMILES string of the molecule is COC(=O)c1ccc(Oc2ccc3c(c2)C[C@@H](N(C[C@H](O)c2cccc(Cl)c2)C(=O)OC(C)(C)C)CC3)cc1. The lowest BCUT2D eigenvalue weighted by Crippen LogP contribution is -2.47. The van der Waals surface area contributed by atoms with Gasteiger partial charge in [-0.05, 0) is 105 Å². The van der Waals surface area contributed by atoms with Gasteiger partial charge in [-0.1, -0.05) is 29.8 Å². The van der Waals surface area contributed by atoms with E-state index in [0.29, 0.717) is 34.1 Å². The maximum Gasteiger partial charge on any atom is 0.410 e. The third-order valence-corrected chi connectivity index (χ3v) is 6.80. The summed E-state index contributed by atoms with van der Waals surface area (Å²) in [6, 6.07) is 19.5. The van der Waals surface area contributed by atoms with Crippen LogP contribution in [-0.4, -0.2) is 47.4 Å². The summed E-state index contributed by atoms with van der Waals surface area (Å²) in [4.78, 5) is 26.7. The molecule has 0 fully saturated rings. The Labute approximate surface area is 234 Å². The van der Waals surface area contributed by atoms with Crippen LogP contribution in [0.25, 0.3) is 0 Å². The quantitative estimate of drug-likeness (QED) is 0.327. The number of aliphatic hydroxyl groups excluding tert-OH is 1. The minimum Gasteiger partial charge on any atom is -0.465 e. The van der Waals surface area contributed by atoms with Crippen LogP contribution in [0, 0.1) is 0 Å². The van der Waals surface area contributed by atoms with Crippen molar-refractivity contribution < 1.29 is 28.9 Å². The molecule has 0 spiro atoms. The zero-order valence-electron chi connectivity index (χ0n) is 22.6. The van der Waals surface area contributed by atoms with Crippen LogP contribution in [0.15, 0.2) is 66.7 Å². The topological polar surface area (TPSA) is 85.3 Å². The standard InChI is InChI=1S/C31H34ClNO6/c1-31(2,3)39-30(36)33(19-28(34)22-6-5-7-24(32)16-22)25-12-8-20-9-15-27(18-23(20)17-25)38-26-13-10-21(11-14-26)29(35)37-4/h5-7,9-11,13-16,18,25,28,34H,8,12,17,19H2,1-4H3/t25-,28-/m0/s1. The number of halogens is 1. The summed E-state index contributed by atoms with van der Waals surface area (Å²) in [6.07, 6.45) is 0.732. The minimum atomic E-state index is -0.916. The fourth-order valence-corrected chi connectivity index (χ4v) is 4.85. The first-order valence-electron chi connectivity index (χ1n) is 12.9. The highest BCUT2D eigenvalue weighted by atomic mass is 35.5. The largest absolute Gasteiger partial charge is 0.465 e. The molecule has 3 aromatic rings. The number of benzene rings is 3. The number of ether oxygens (including phenoxy) is 3. The van der Waals surface area contributed by atoms with Gasteiger partial charge in [-0.2, -0.15) is 0 Å². The van der Waals surface area contributed by atoms with Gasteiger partial charge >= 0.3 is 12.1 Å². The number of methoxy groups -OCH3 is 1. The number of hydrogen-bond donors (Lipinski definition) is 1. The Hall–Kier alpha value is -3.55. The Kier molecular flexibility index (Phi) is 8.83. The van der Waals surface area contributed by atoms with Crippen molar-refractivity contribution >= 4 is 23.7 Å². The number of fused-ring (bicyclic) bond motifs is 1. The first-order chi connectivity index (χ1) is 18.5. The summed E-state index contributed by atoms with van der Waals surface area (Å²) >= 11 is 6.13.